The molecule has 0 atom stereocenters. The summed E-state index contributed by atoms with van der Waals surface area (Å²) in [6.07, 6.45) is 0.585. The molecule has 1 heterocycles. The van der Waals surface area contributed by atoms with E-state index in [2.05, 4.69) is 5.32 Å². The first-order chi connectivity index (χ1) is 14.3. The molecule has 10 heteroatoms. The van der Waals surface area contributed by atoms with Gasteiger partial charge >= 0.3 is 0 Å². The predicted octanol–water partition coefficient (Wildman–Crippen LogP) is 3.02. The van der Waals surface area contributed by atoms with Crippen molar-refractivity contribution < 1.29 is 31.5 Å². The van der Waals surface area contributed by atoms with Crippen molar-refractivity contribution in [1.29, 1.82) is 0 Å². The van der Waals surface area contributed by atoms with Crippen LogP contribution < -0.4 is 14.8 Å². The second-order valence-corrected chi connectivity index (χ2v) is 8.72. The molecule has 2 aromatic rings. The average Bonchev–Trinajstić information content (AvgIpc) is 2.75. The van der Waals surface area contributed by atoms with Crippen LogP contribution in [0.15, 0.2) is 41.3 Å². The molecule has 30 heavy (non-hydrogen) atoms. The molecule has 1 saturated heterocycles. The van der Waals surface area contributed by atoms with Crippen LogP contribution in [0.4, 0.5) is 14.5 Å². The van der Waals surface area contributed by atoms with E-state index >= 15 is 0 Å². The lowest BCUT2D eigenvalue weighted by Gasteiger charge is -2.31. The number of piperidine rings is 1. The predicted molar refractivity (Wildman–Crippen MR) is 106 cm³/mol. The number of carbonyl (C=O) groups is 1. The highest BCUT2D eigenvalue weighted by molar-refractivity contribution is 7.89. The summed E-state index contributed by atoms with van der Waals surface area (Å²) in [4.78, 5) is 12.4. The SMILES string of the molecule is COc1ccc(OC)c(S(=O)(=O)N2CCC(C(=O)Nc3ccc(F)c(F)c3)CC2)c1. The van der Waals surface area contributed by atoms with Crippen molar-refractivity contribution in [2.24, 2.45) is 5.92 Å². The number of hydrogen-bond donors (Lipinski definition) is 1. The van der Waals surface area contributed by atoms with Gasteiger partial charge in [0.2, 0.25) is 15.9 Å². The van der Waals surface area contributed by atoms with Gasteiger partial charge in [-0.15, -0.1) is 0 Å². The third kappa shape index (κ3) is 4.54. The number of methoxy groups -OCH3 is 2. The van der Waals surface area contributed by atoms with Gasteiger partial charge in [-0.05, 0) is 37.1 Å². The number of halogens is 2. The summed E-state index contributed by atoms with van der Waals surface area (Å²) in [6.45, 7) is 0.275. The molecule has 0 aromatic heterocycles. The molecule has 0 aliphatic carbocycles. The van der Waals surface area contributed by atoms with Crippen molar-refractivity contribution in [2.75, 3.05) is 32.6 Å². The van der Waals surface area contributed by atoms with Crippen LogP contribution in [0.5, 0.6) is 11.5 Å². The van der Waals surface area contributed by atoms with Crippen LogP contribution in [0.25, 0.3) is 0 Å². The fourth-order valence-electron chi connectivity index (χ4n) is 3.30. The van der Waals surface area contributed by atoms with Crippen LogP contribution in [-0.4, -0.2) is 45.9 Å². The molecule has 0 saturated carbocycles. The summed E-state index contributed by atoms with van der Waals surface area (Å²) < 4.78 is 64.1. The molecule has 2 aromatic carbocycles. The molecule has 1 aliphatic heterocycles. The van der Waals surface area contributed by atoms with E-state index in [0.717, 1.165) is 12.1 Å². The van der Waals surface area contributed by atoms with Crippen LogP contribution in [0.1, 0.15) is 12.8 Å². The zero-order chi connectivity index (χ0) is 21.9. The Morgan fingerprint density at radius 1 is 1.03 bits per heavy atom. The van der Waals surface area contributed by atoms with Gasteiger partial charge in [-0.25, -0.2) is 17.2 Å². The van der Waals surface area contributed by atoms with Crippen LogP contribution in [-0.2, 0) is 14.8 Å². The molecule has 7 nitrogen and oxygen atoms in total. The fraction of sp³-hybridized carbons (Fsp3) is 0.350. The van der Waals surface area contributed by atoms with E-state index in [0.29, 0.717) is 18.6 Å². The summed E-state index contributed by atoms with van der Waals surface area (Å²) in [5.74, 6) is -2.28. The molecule has 1 N–H and O–H groups in total. The van der Waals surface area contributed by atoms with Crippen LogP contribution in [0.3, 0.4) is 0 Å². The lowest BCUT2D eigenvalue weighted by molar-refractivity contribution is -0.120. The van der Waals surface area contributed by atoms with Gasteiger partial charge in [0.1, 0.15) is 16.4 Å². The minimum absolute atomic E-state index is 0.00552. The molecule has 1 aliphatic rings. The van der Waals surface area contributed by atoms with Crippen LogP contribution >= 0.6 is 0 Å². The first-order valence-corrected chi connectivity index (χ1v) is 10.7. The highest BCUT2D eigenvalue weighted by Crippen LogP contribution is 2.32. The van der Waals surface area contributed by atoms with Gasteiger partial charge in [0, 0.05) is 36.8 Å². The van der Waals surface area contributed by atoms with Gasteiger partial charge in [-0.3, -0.25) is 4.79 Å². The molecule has 0 radical (unpaired) electrons. The molecule has 1 fully saturated rings. The summed E-state index contributed by atoms with van der Waals surface area (Å²) in [5.41, 5.74) is 0.148. The van der Waals surface area contributed by atoms with Gasteiger partial charge in [0.05, 0.1) is 14.2 Å². The monoisotopic (exact) mass is 440 g/mol. The molecular formula is C20H22F2N2O5S. The van der Waals surface area contributed by atoms with E-state index < -0.39 is 27.6 Å². The van der Waals surface area contributed by atoms with Crippen molar-refractivity contribution in [3.8, 4) is 11.5 Å². The number of rotatable bonds is 6. The van der Waals surface area contributed by atoms with E-state index in [1.165, 1.54) is 36.7 Å². The van der Waals surface area contributed by atoms with Crippen LogP contribution in [0, 0.1) is 17.6 Å². The number of sulfonamides is 1. The second kappa shape index (κ2) is 8.97. The third-order valence-corrected chi connectivity index (χ3v) is 6.92. The highest BCUT2D eigenvalue weighted by Gasteiger charge is 2.34. The number of carbonyl (C=O) groups excluding carboxylic acids is 1. The van der Waals surface area contributed by atoms with E-state index in [1.54, 1.807) is 6.07 Å². The fourth-order valence-corrected chi connectivity index (χ4v) is 4.94. The lowest BCUT2D eigenvalue weighted by Crippen LogP contribution is -2.41. The van der Waals surface area contributed by atoms with Crippen molar-refractivity contribution in [1.82, 2.24) is 4.31 Å². The maximum Gasteiger partial charge on any atom is 0.246 e. The molecule has 0 bridgehead atoms. The first kappa shape index (κ1) is 22.0. The van der Waals surface area contributed by atoms with Gasteiger partial charge < -0.3 is 14.8 Å². The standard InChI is InChI=1S/C20H22F2N2O5S/c1-28-15-4-6-18(29-2)19(12-15)30(26,27)24-9-7-13(8-10-24)20(25)23-14-3-5-16(21)17(22)11-14/h3-6,11-13H,7-10H2,1-2H3,(H,23,25). The Morgan fingerprint density at radius 2 is 1.73 bits per heavy atom. The topological polar surface area (TPSA) is 84.9 Å². The van der Waals surface area contributed by atoms with Gasteiger partial charge in [-0.1, -0.05) is 0 Å². The maximum atomic E-state index is 13.3. The number of ether oxygens (including phenoxy) is 2. The maximum absolute atomic E-state index is 13.3. The molecule has 1 amide bonds. The minimum atomic E-state index is -3.85. The number of nitrogens with one attached hydrogen (secondary N) is 1. The van der Waals surface area contributed by atoms with Crippen molar-refractivity contribution in [3.63, 3.8) is 0 Å². The smallest absolute Gasteiger partial charge is 0.246 e. The van der Waals surface area contributed by atoms with Gasteiger partial charge in [0.25, 0.3) is 0 Å². The third-order valence-electron chi connectivity index (χ3n) is 5.00. The molecule has 3 rings (SSSR count). The summed E-state index contributed by atoms with van der Waals surface area (Å²) in [7, 11) is -1.03. The summed E-state index contributed by atoms with van der Waals surface area (Å²) in [6, 6.07) is 7.63. The summed E-state index contributed by atoms with van der Waals surface area (Å²) >= 11 is 0. The Labute approximate surface area is 173 Å². The second-order valence-electron chi connectivity index (χ2n) is 6.81. The average molecular weight is 440 g/mol. The van der Waals surface area contributed by atoms with E-state index in [-0.39, 0.29) is 35.3 Å². The summed E-state index contributed by atoms with van der Waals surface area (Å²) in [5, 5.41) is 2.55. The largest absolute Gasteiger partial charge is 0.497 e. The Kier molecular flexibility index (Phi) is 6.57. The number of nitrogens with zero attached hydrogens (tertiary/aromatic N) is 1. The van der Waals surface area contributed by atoms with Crippen molar-refractivity contribution in [2.45, 2.75) is 17.7 Å². The molecule has 0 spiro atoms. The highest BCUT2D eigenvalue weighted by atomic mass is 32.2. The van der Waals surface area contributed by atoms with E-state index in [4.69, 9.17) is 9.47 Å². The van der Waals surface area contributed by atoms with Gasteiger partial charge in [0.15, 0.2) is 11.6 Å². The van der Waals surface area contributed by atoms with Crippen molar-refractivity contribution in [3.05, 3.63) is 48.0 Å². The van der Waals surface area contributed by atoms with Gasteiger partial charge in [-0.2, -0.15) is 4.31 Å². The Morgan fingerprint density at radius 3 is 2.33 bits per heavy atom. The Hall–Kier alpha value is -2.72. The van der Waals surface area contributed by atoms with E-state index in [1.807, 2.05) is 0 Å². The molecule has 0 unspecified atom stereocenters. The number of anilines is 1. The number of benzene rings is 2. The number of amides is 1. The Bertz CT molecular complexity index is 1040. The first-order valence-electron chi connectivity index (χ1n) is 9.24. The normalized spacial score (nSPS) is 15.6. The minimum Gasteiger partial charge on any atom is -0.497 e. The van der Waals surface area contributed by atoms with Crippen LogP contribution in [0.2, 0.25) is 0 Å². The zero-order valence-electron chi connectivity index (χ0n) is 16.5. The molecule has 162 valence electrons. The number of hydrogen-bond acceptors (Lipinski definition) is 5. The Balaban J connectivity index is 1.68. The van der Waals surface area contributed by atoms with Crippen molar-refractivity contribution >= 4 is 21.6 Å². The zero-order valence-corrected chi connectivity index (χ0v) is 17.3. The molecular weight excluding hydrogens is 418 g/mol. The quantitative estimate of drug-likeness (QED) is 0.747. The lowest BCUT2D eigenvalue weighted by atomic mass is 9.97. The van der Waals surface area contributed by atoms with E-state index in [9.17, 15) is 22.0 Å².